The summed E-state index contributed by atoms with van der Waals surface area (Å²) in [5.74, 6) is 2.83. The molecule has 1 heterocycles. The quantitative estimate of drug-likeness (QED) is 0.138. The Morgan fingerprint density at radius 1 is 0.625 bits per heavy atom. The largest absolute Gasteiger partial charge is 0.493 e. The lowest BCUT2D eigenvalue weighted by molar-refractivity contribution is 0.0691. The van der Waals surface area contributed by atoms with Gasteiger partial charge in [-0.3, -0.25) is 4.79 Å². The van der Waals surface area contributed by atoms with Gasteiger partial charge in [0.2, 0.25) is 11.5 Å². The summed E-state index contributed by atoms with van der Waals surface area (Å²) in [6.45, 7) is 1.09. The van der Waals surface area contributed by atoms with Crippen molar-refractivity contribution in [2.45, 2.75) is 25.7 Å². The SMILES string of the molecule is COc1cc(C2c3c(cc(OC)c(OCc4ccccc4)c3OC)CCN2C(=O)c2ccccc2)cc(OC)c1OCc1ccccc1. The minimum absolute atomic E-state index is 0.113. The molecule has 0 saturated heterocycles. The Kier molecular flexibility index (Phi) is 10.0. The Hall–Kier alpha value is -5.63. The number of carbonyl (C=O) groups excluding carboxylic acids is 1. The monoisotopic (exact) mass is 645 g/mol. The van der Waals surface area contributed by atoms with Crippen molar-refractivity contribution >= 4 is 5.91 Å². The second-order valence-corrected chi connectivity index (χ2v) is 11.3. The fraction of sp³-hybridized carbons (Fsp3) is 0.225. The Morgan fingerprint density at radius 3 is 1.65 bits per heavy atom. The van der Waals surface area contributed by atoms with Crippen molar-refractivity contribution in [1.29, 1.82) is 0 Å². The molecule has 8 nitrogen and oxygen atoms in total. The molecule has 1 unspecified atom stereocenters. The minimum Gasteiger partial charge on any atom is -0.493 e. The summed E-state index contributed by atoms with van der Waals surface area (Å²) in [6, 6.07) is 34.3. The highest BCUT2D eigenvalue weighted by Crippen LogP contribution is 2.52. The van der Waals surface area contributed by atoms with Crippen molar-refractivity contribution in [2.24, 2.45) is 0 Å². The van der Waals surface area contributed by atoms with Crippen LogP contribution in [-0.2, 0) is 19.6 Å². The summed E-state index contributed by atoms with van der Waals surface area (Å²) in [6.07, 6.45) is 0.586. The fourth-order valence-corrected chi connectivity index (χ4v) is 6.18. The van der Waals surface area contributed by atoms with Gasteiger partial charge in [-0.15, -0.1) is 0 Å². The first-order valence-corrected chi connectivity index (χ1v) is 15.8. The lowest BCUT2D eigenvalue weighted by atomic mass is 9.86. The number of ether oxygens (including phenoxy) is 6. The summed E-state index contributed by atoms with van der Waals surface area (Å²) in [5.41, 5.74) is 5.14. The van der Waals surface area contributed by atoms with Crippen LogP contribution in [0.5, 0.6) is 34.5 Å². The smallest absolute Gasteiger partial charge is 0.254 e. The van der Waals surface area contributed by atoms with Crippen molar-refractivity contribution < 1.29 is 33.2 Å². The normalized spacial score (nSPS) is 13.7. The number of hydrogen-bond acceptors (Lipinski definition) is 7. The Balaban J connectivity index is 1.50. The van der Waals surface area contributed by atoms with Crippen LogP contribution in [0, 0.1) is 0 Å². The summed E-state index contributed by atoms with van der Waals surface area (Å²) in [4.78, 5) is 16.2. The average molecular weight is 646 g/mol. The third-order valence-corrected chi connectivity index (χ3v) is 8.49. The average Bonchev–Trinajstić information content (AvgIpc) is 3.15. The molecule has 5 aromatic carbocycles. The van der Waals surface area contributed by atoms with Gasteiger partial charge in [0.15, 0.2) is 23.0 Å². The van der Waals surface area contributed by atoms with Gasteiger partial charge in [-0.05, 0) is 59.0 Å². The van der Waals surface area contributed by atoms with Gasteiger partial charge in [0, 0.05) is 17.7 Å². The number of benzene rings is 5. The van der Waals surface area contributed by atoms with E-state index in [2.05, 4.69) is 0 Å². The molecule has 0 aromatic heterocycles. The molecule has 1 atom stereocenters. The van der Waals surface area contributed by atoms with Crippen LogP contribution in [0.1, 0.15) is 44.2 Å². The first-order chi connectivity index (χ1) is 23.6. The Labute approximate surface area is 281 Å². The molecule has 0 N–H and O–H groups in total. The molecule has 1 aliphatic rings. The van der Waals surface area contributed by atoms with E-state index in [9.17, 15) is 4.79 Å². The molecule has 1 amide bonds. The minimum atomic E-state index is -0.590. The van der Waals surface area contributed by atoms with E-state index in [0.29, 0.717) is 66.2 Å². The summed E-state index contributed by atoms with van der Waals surface area (Å²) < 4.78 is 36.5. The van der Waals surface area contributed by atoms with E-state index in [1.165, 1.54) is 0 Å². The van der Waals surface area contributed by atoms with Gasteiger partial charge in [-0.2, -0.15) is 0 Å². The topological polar surface area (TPSA) is 75.7 Å². The lowest BCUT2D eigenvalue weighted by Gasteiger charge is -2.39. The zero-order chi connectivity index (χ0) is 33.5. The summed E-state index contributed by atoms with van der Waals surface area (Å²) in [7, 11) is 6.42. The molecular formula is C40H39NO7. The van der Waals surface area contributed by atoms with Crippen LogP contribution in [0.2, 0.25) is 0 Å². The van der Waals surface area contributed by atoms with Gasteiger partial charge in [0.1, 0.15) is 13.2 Å². The molecule has 1 aliphatic heterocycles. The number of hydrogen-bond donors (Lipinski definition) is 0. The van der Waals surface area contributed by atoms with Crippen LogP contribution < -0.4 is 28.4 Å². The zero-order valence-corrected chi connectivity index (χ0v) is 27.6. The zero-order valence-electron chi connectivity index (χ0n) is 27.6. The second kappa shape index (κ2) is 14.9. The number of nitrogens with zero attached hydrogens (tertiary/aromatic N) is 1. The third kappa shape index (κ3) is 6.60. The van der Waals surface area contributed by atoms with E-state index in [0.717, 1.165) is 27.8 Å². The fourth-order valence-electron chi connectivity index (χ4n) is 6.18. The second-order valence-electron chi connectivity index (χ2n) is 11.3. The first-order valence-electron chi connectivity index (χ1n) is 15.8. The lowest BCUT2D eigenvalue weighted by Crippen LogP contribution is -2.41. The van der Waals surface area contributed by atoms with Gasteiger partial charge in [0.25, 0.3) is 5.91 Å². The van der Waals surface area contributed by atoms with Gasteiger partial charge >= 0.3 is 0 Å². The van der Waals surface area contributed by atoms with Crippen molar-refractivity contribution in [3.05, 3.63) is 143 Å². The van der Waals surface area contributed by atoms with Crippen LogP contribution in [0.25, 0.3) is 0 Å². The van der Waals surface area contributed by atoms with E-state index in [1.807, 2.05) is 114 Å². The van der Waals surface area contributed by atoms with E-state index < -0.39 is 6.04 Å². The van der Waals surface area contributed by atoms with E-state index in [4.69, 9.17) is 28.4 Å². The van der Waals surface area contributed by atoms with Crippen LogP contribution >= 0.6 is 0 Å². The van der Waals surface area contributed by atoms with Gasteiger partial charge in [-0.1, -0.05) is 78.9 Å². The van der Waals surface area contributed by atoms with E-state index >= 15 is 0 Å². The van der Waals surface area contributed by atoms with Crippen molar-refractivity contribution in [3.63, 3.8) is 0 Å². The number of amides is 1. The van der Waals surface area contributed by atoms with Crippen LogP contribution in [0.4, 0.5) is 0 Å². The molecule has 5 aromatic rings. The predicted octanol–water partition coefficient (Wildman–Crippen LogP) is 7.67. The van der Waals surface area contributed by atoms with E-state index in [-0.39, 0.29) is 5.91 Å². The Bertz CT molecular complexity index is 1820. The van der Waals surface area contributed by atoms with Gasteiger partial charge < -0.3 is 33.3 Å². The number of carbonyl (C=O) groups is 1. The standard InChI is InChI=1S/C40H39NO7/c1-43-32-23-31(24-33(44-2)37(32)47-25-27-14-8-5-9-15-27)36-35-30(20-21-41(36)40(42)29-18-12-7-13-19-29)22-34(45-3)38(39(35)46-4)48-26-28-16-10-6-11-17-28/h5-19,22-24,36H,20-21,25-26H2,1-4H3. The molecule has 8 heteroatoms. The van der Waals surface area contributed by atoms with E-state index in [1.54, 1.807) is 28.4 Å². The van der Waals surface area contributed by atoms with Crippen molar-refractivity contribution in [2.75, 3.05) is 35.0 Å². The highest BCUT2D eigenvalue weighted by molar-refractivity contribution is 5.95. The molecule has 0 fully saturated rings. The maximum absolute atomic E-state index is 14.3. The van der Waals surface area contributed by atoms with Crippen LogP contribution in [0.15, 0.2) is 109 Å². The molecule has 0 saturated carbocycles. The summed E-state index contributed by atoms with van der Waals surface area (Å²) in [5, 5.41) is 0. The highest BCUT2D eigenvalue weighted by atomic mass is 16.5. The van der Waals surface area contributed by atoms with Crippen LogP contribution in [-0.4, -0.2) is 45.8 Å². The summed E-state index contributed by atoms with van der Waals surface area (Å²) >= 11 is 0. The first kappa shape index (κ1) is 32.3. The third-order valence-electron chi connectivity index (χ3n) is 8.49. The van der Waals surface area contributed by atoms with Gasteiger partial charge in [0.05, 0.1) is 34.5 Å². The number of rotatable bonds is 12. The van der Waals surface area contributed by atoms with Crippen LogP contribution in [0.3, 0.4) is 0 Å². The molecule has 0 aliphatic carbocycles. The van der Waals surface area contributed by atoms with Crippen molar-refractivity contribution in [3.8, 4) is 34.5 Å². The highest BCUT2D eigenvalue weighted by Gasteiger charge is 2.38. The molecule has 0 spiro atoms. The molecule has 246 valence electrons. The molecule has 48 heavy (non-hydrogen) atoms. The van der Waals surface area contributed by atoms with Gasteiger partial charge in [-0.25, -0.2) is 0 Å². The van der Waals surface area contributed by atoms with Crippen molar-refractivity contribution in [1.82, 2.24) is 4.90 Å². The Morgan fingerprint density at radius 2 is 1.12 bits per heavy atom. The number of methoxy groups -OCH3 is 4. The molecule has 6 rings (SSSR count). The maximum Gasteiger partial charge on any atom is 0.254 e. The molecular weight excluding hydrogens is 606 g/mol. The predicted molar refractivity (Wildman–Crippen MR) is 184 cm³/mol. The molecule has 0 radical (unpaired) electrons. The number of fused-ring (bicyclic) bond motifs is 1. The molecule has 0 bridgehead atoms. The maximum atomic E-state index is 14.3.